The van der Waals surface area contributed by atoms with Crippen molar-refractivity contribution < 1.29 is 9.47 Å². The van der Waals surface area contributed by atoms with Crippen molar-refractivity contribution in [3.05, 3.63) is 54.1 Å². The summed E-state index contributed by atoms with van der Waals surface area (Å²) >= 11 is 0. The van der Waals surface area contributed by atoms with Gasteiger partial charge in [0.05, 0.1) is 20.4 Å². The largest absolute Gasteiger partial charge is 0.497 e. The van der Waals surface area contributed by atoms with E-state index in [2.05, 4.69) is 35.7 Å². The zero-order valence-corrected chi connectivity index (χ0v) is 18.3. The first kappa shape index (κ1) is 21.4. The topological polar surface area (TPSA) is 96.8 Å². The molecule has 9 heteroatoms. The molecule has 1 aliphatic heterocycles. The standard InChI is InChI=1S/C23H27N7O2/c1-31-19-12-11-17(20(15-19)32-2)16-24-29-22-26-21(25-18-9-5-3-6-10-18)27-23(28-22)30-13-7-4-8-14-30/h3,5-6,9-12,15-16H,4,7-8,13-14H2,1-2H3,(H2,25,26,27,28,29)/b24-16+. The second kappa shape index (κ2) is 10.4. The maximum atomic E-state index is 5.42. The summed E-state index contributed by atoms with van der Waals surface area (Å²) in [6.07, 6.45) is 5.15. The Hall–Kier alpha value is -3.88. The molecule has 1 aromatic heterocycles. The van der Waals surface area contributed by atoms with Crippen LogP contribution < -0.4 is 25.1 Å². The van der Waals surface area contributed by atoms with Gasteiger partial charge in [0, 0.05) is 30.4 Å². The van der Waals surface area contributed by atoms with Gasteiger partial charge in [-0.3, -0.25) is 0 Å². The van der Waals surface area contributed by atoms with Crippen LogP contribution in [-0.4, -0.2) is 48.5 Å². The van der Waals surface area contributed by atoms with Crippen LogP contribution in [0, 0.1) is 0 Å². The third kappa shape index (κ3) is 5.42. The summed E-state index contributed by atoms with van der Waals surface area (Å²) in [5.74, 6) is 2.84. The Kier molecular flexibility index (Phi) is 6.96. The molecule has 2 heterocycles. The normalized spacial score (nSPS) is 13.8. The number of nitrogens with zero attached hydrogens (tertiary/aromatic N) is 5. The highest BCUT2D eigenvalue weighted by atomic mass is 16.5. The molecule has 0 unspecified atom stereocenters. The molecule has 2 aromatic carbocycles. The number of para-hydroxylation sites is 1. The highest BCUT2D eigenvalue weighted by Gasteiger charge is 2.16. The quantitative estimate of drug-likeness (QED) is 0.405. The molecule has 0 amide bonds. The Morgan fingerprint density at radius 2 is 1.69 bits per heavy atom. The van der Waals surface area contributed by atoms with Crippen molar-refractivity contribution in [2.75, 3.05) is 43.0 Å². The average molecular weight is 434 g/mol. The van der Waals surface area contributed by atoms with Crippen molar-refractivity contribution >= 4 is 29.7 Å². The van der Waals surface area contributed by atoms with E-state index in [-0.39, 0.29) is 0 Å². The predicted molar refractivity (Wildman–Crippen MR) is 126 cm³/mol. The number of hydrogen-bond donors (Lipinski definition) is 2. The molecule has 3 aromatic rings. The molecule has 0 radical (unpaired) electrons. The van der Waals surface area contributed by atoms with Gasteiger partial charge < -0.3 is 19.7 Å². The van der Waals surface area contributed by atoms with E-state index in [1.165, 1.54) is 6.42 Å². The van der Waals surface area contributed by atoms with Gasteiger partial charge in [-0.25, -0.2) is 5.43 Å². The molecular weight excluding hydrogens is 406 g/mol. The van der Waals surface area contributed by atoms with Crippen LogP contribution in [0.1, 0.15) is 24.8 Å². The monoisotopic (exact) mass is 433 g/mol. The summed E-state index contributed by atoms with van der Waals surface area (Å²) < 4.78 is 10.7. The first-order valence-electron chi connectivity index (χ1n) is 10.6. The summed E-state index contributed by atoms with van der Waals surface area (Å²) in [6.45, 7) is 1.86. The van der Waals surface area contributed by atoms with Crippen LogP contribution in [0.15, 0.2) is 53.6 Å². The average Bonchev–Trinajstić information content (AvgIpc) is 2.85. The summed E-state index contributed by atoms with van der Waals surface area (Å²) in [4.78, 5) is 15.9. The van der Waals surface area contributed by atoms with E-state index in [1.807, 2.05) is 42.5 Å². The number of aromatic nitrogens is 3. The smallest absolute Gasteiger partial charge is 0.250 e. The van der Waals surface area contributed by atoms with E-state index in [9.17, 15) is 0 Å². The third-order valence-electron chi connectivity index (χ3n) is 5.10. The maximum Gasteiger partial charge on any atom is 0.250 e. The highest BCUT2D eigenvalue weighted by molar-refractivity contribution is 5.84. The predicted octanol–water partition coefficient (Wildman–Crippen LogP) is 4.07. The molecule has 1 aliphatic rings. The maximum absolute atomic E-state index is 5.42. The van der Waals surface area contributed by atoms with Crippen LogP contribution in [0.4, 0.5) is 23.5 Å². The van der Waals surface area contributed by atoms with E-state index in [0.717, 1.165) is 37.2 Å². The van der Waals surface area contributed by atoms with Crippen LogP contribution >= 0.6 is 0 Å². The molecule has 0 atom stereocenters. The van der Waals surface area contributed by atoms with Gasteiger partial charge in [0.1, 0.15) is 11.5 Å². The molecule has 0 aliphatic carbocycles. The number of nitrogens with one attached hydrogen (secondary N) is 2. The van der Waals surface area contributed by atoms with Crippen LogP contribution in [0.5, 0.6) is 11.5 Å². The SMILES string of the molecule is COc1ccc(/C=N/Nc2nc(Nc3ccccc3)nc(N3CCCCC3)n2)c(OC)c1. The molecule has 2 N–H and O–H groups in total. The van der Waals surface area contributed by atoms with E-state index < -0.39 is 0 Å². The first-order chi connectivity index (χ1) is 15.7. The van der Waals surface area contributed by atoms with Crippen molar-refractivity contribution in [3.8, 4) is 11.5 Å². The number of hydrogen-bond acceptors (Lipinski definition) is 9. The van der Waals surface area contributed by atoms with Gasteiger partial charge >= 0.3 is 0 Å². The molecule has 0 spiro atoms. The zero-order chi connectivity index (χ0) is 22.2. The number of rotatable bonds is 8. The van der Waals surface area contributed by atoms with Gasteiger partial charge in [-0.1, -0.05) is 18.2 Å². The van der Waals surface area contributed by atoms with E-state index in [4.69, 9.17) is 9.47 Å². The Bertz CT molecular complexity index is 1050. The van der Waals surface area contributed by atoms with Crippen LogP contribution in [0.2, 0.25) is 0 Å². The van der Waals surface area contributed by atoms with Gasteiger partial charge in [0.15, 0.2) is 0 Å². The number of anilines is 4. The van der Waals surface area contributed by atoms with E-state index in [0.29, 0.717) is 29.3 Å². The third-order valence-corrected chi connectivity index (χ3v) is 5.10. The lowest BCUT2D eigenvalue weighted by molar-refractivity contribution is 0.394. The lowest BCUT2D eigenvalue weighted by Crippen LogP contribution is -2.31. The van der Waals surface area contributed by atoms with Gasteiger partial charge in [0.2, 0.25) is 17.8 Å². The van der Waals surface area contributed by atoms with Crippen LogP contribution in [0.3, 0.4) is 0 Å². The van der Waals surface area contributed by atoms with Crippen molar-refractivity contribution in [2.24, 2.45) is 5.10 Å². The van der Waals surface area contributed by atoms with E-state index in [1.54, 1.807) is 26.5 Å². The molecule has 1 fully saturated rings. The van der Waals surface area contributed by atoms with Gasteiger partial charge in [-0.05, 0) is 43.5 Å². The summed E-state index contributed by atoms with van der Waals surface area (Å²) in [6, 6.07) is 15.3. The number of ether oxygens (including phenoxy) is 2. The van der Waals surface area contributed by atoms with Gasteiger partial charge in [-0.2, -0.15) is 20.1 Å². The molecule has 4 rings (SSSR count). The highest BCUT2D eigenvalue weighted by Crippen LogP contribution is 2.24. The number of methoxy groups -OCH3 is 2. The van der Waals surface area contributed by atoms with Crippen LogP contribution in [0.25, 0.3) is 0 Å². The van der Waals surface area contributed by atoms with Gasteiger partial charge in [-0.15, -0.1) is 0 Å². The Morgan fingerprint density at radius 1 is 0.906 bits per heavy atom. The Morgan fingerprint density at radius 3 is 2.44 bits per heavy atom. The van der Waals surface area contributed by atoms with Crippen molar-refractivity contribution in [1.82, 2.24) is 15.0 Å². The van der Waals surface area contributed by atoms with Crippen molar-refractivity contribution in [3.63, 3.8) is 0 Å². The zero-order valence-electron chi connectivity index (χ0n) is 18.3. The molecule has 0 saturated carbocycles. The lowest BCUT2D eigenvalue weighted by atomic mass is 10.1. The fourth-order valence-electron chi connectivity index (χ4n) is 3.44. The van der Waals surface area contributed by atoms with Gasteiger partial charge in [0.25, 0.3) is 0 Å². The number of piperidine rings is 1. The van der Waals surface area contributed by atoms with E-state index >= 15 is 0 Å². The Balaban J connectivity index is 1.56. The number of hydrazone groups is 1. The van der Waals surface area contributed by atoms with Crippen molar-refractivity contribution in [1.29, 1.82) is 0 Å². The first-order valence-corrected chi connectivity index (χ1v) is 10.6. The van der Waals surface area contributed by atoms with Crippen LogP contribution in [-0.2, 0) is 0 Å². The molecule has 1 saturated heterocycles. The second-order valence-corrected chi connectivity index (χ2v) is 7.30. The molecule has 166 valence electrons. The minimum atomic E-state index is 0.364. The minimum absolute atomic E-state index is 0.364. The summed E-state index contributed by atoms with van der Waals surface area (Å²) in [5.41, 5.74) is 4.64. The molecule has 32 heavy (non-hydrogen) atoms. The minimum Gasteiger partial charge on any atom is -0.497 e. The molecule has 0 bridgehead atoms. The fourth-order valence-corrected chi connectivity index (χ4v) is 3.44. The number of benzene rings is 2. The second-order valence-electron chi connectivity index (χ2n) is 7.30. The molecule has 9 nitrogen and oxygen atoms in total. The molecular formula is C23H27N7O2. The lowest BCUT2D eigenvalue weighted by Gasteiger charge is -2.26. The van der Waals surface area contributed by atoms with Crippen molar-refractivity contribution in [2.45, 2.75) is 19.3 Å². The summed E-state index contributed by atoms with van der Waals surface area (Å²) in [7, 11) is 3.23. The Labute approximate surface area is 187 Å². The summed E-state index contributed by atoms with van der Waals surface area (Å²) in [5, 5.41) is 7.56. The fraction of sp³-hybridized carbons (Fsp3) is 0.304.